The van der Waals surface area contributed by atoms with Crippen molar-refractivity contribution >= 4 is 33.1 Å². The Hall–Kier alpha value is -4.06. The average Bonchev–Trinajstić information content (AvgIpc) is 3.20. The van der Waals surface area contributed by atoms with E-state index in [4.69, 9.17) is 0 Å². The topological polar surface area (TPSA) is 105 Å². The summed E-state index contributed by atoms with van der Waals surface area (Å²) in [6, 6.07) is 16.3. The number of aromatic nitrogens is 2. The quantitative estimate of drug-likeness (QED) is 0.354. The number of amides is 2. The number of rotatable bonds is 6. The predicted molar refractivity (Wildman–Crippen MR) is 128 cm³/mol. The number of anilines is 2. The van der Waals surface area contributed by atoms with Crippen LogP contribution < -0.4 is 15.4 Å². The van der Waals surface area contributed by atoms with E-state index in [1.165, 1.54) is 0 Å². The van der Waals surface area contributed by atoms with Crippen LogP contribution in [-0.4, -0.2) is 42.8 Å². The van der Waals surface area contributed by atoms with E-state index in [-0.39, 0.29) is 0 Å². The number of imidazole rings is 1. The van der Waals surface area contributed by atoms with Gasteiger partial charge in [0.1, 0.15) is 12.2 Å². The van der Waals surface area contributed by atoms with Crippen molar-refractivity contribution in [1.29, 1.82) is 0 Å². The zero-order valence-corrected chi connectivity index (χ0v) is 19.1. The normalized spacial score (nSPS) is 11.9. The van der Waals surface area contributed by atoms with Crippen molar-refractivity contribution in [1.82, 2.24) is 14.7 Å². The number of urea groups is 1. The molecule has 182 valence electrons. The maximum atomic E-state index is 12.3. The number of hydrogen-bond acceptors (Lipinski definition) is 4. The molecule has 12 heteroatoms. The summed E-state index contributed by atoms with van der Waals surface area (Å²) >= 11 is 0. The third-order valence-corrected chi connectivity index (χ3v) is 5.48. The van der Waals surface area contributed by atoms with Gasteiger partial charge in [0.25, 0.3) is 0 Å². The number of halogens is 3. The van der Waals surface area contributed by atoms with Crippen LogP contribution in [0.2, 0.25) is 0 Å². The molecule has 4 aromatic rings. The van der Waals surface area contributed by atoms with Gasteiger partial charge in [0.05, 0.1) is 18.1 Å². The second-order valence-corrected chi connectivity index (χ2v) is 9.49. The van der Waals surface area contributed by atoms with Crippen LogP contribution >= 0.6 is 0 Å². The third-order valence-electron chi connectivity index (χ3n) is 4.88. The van der Waals surface area contributed by atoms with Gasteiger partial charge in [-0.3, -0.25) is 9.12 Å². The van der Waals surface area contributed by atoms with Crippen LogP contribution in [0.1, 0.15) is 0 Å². The molecule has 4 rings (SSSR count). The number of pyridine rings is 1. The van der Waals surface area contributed by atoms with Crippen LogP contribution in [0.3, 0.4) is 0 Å². The molecule has 0 fully saturated rings. The molecule has 0 bridgehead atoms. The van der Waals surface area contributed by atoms with Gasteiger partial charge in [-0.2, -0.15) is 13.2 Å². The van der Waals surface area contributed by atoms with Crippen molar-refractivity contribution in [3.8, 4) is 22.4 Å². The number of benzene rings is 2. The maximum Gasteiger partial charge on any atom is 0.405 e. The molecule has 8 nitrogen and oxygen atoms in total. The molecular formula is C23H20F3N5O3S. The van der Waals surface area contributed by atoms with Crippen molar-refractivity contribution in [3.05, 3.63) is 73.1 Å². The Morgan fingerprint density at radius 1 is 0.971 bits per heavy atom. The summed E-state index contributed by atoms with van der Waals surface area (Å²) in [4.78, 5) is 16.2. The first-order valence-electron chi connectivity index (χ1n) is 10.2. The summed E-state index contributed by atoms with van der Waals surface area (Å²) in [5.41, 5.74) is 4.41. The molecule has 35 heavy (non-hydrogen) atoms. The fraction of sp³-hybridized carbons (Fsp3) is 0.130. The molecule has 2 heterocycles. The number of fused-ring (bicyclic) bond motifs is 1. The number of carbonyl (C=O) groups excluding carboxylic acids is 1. The molecule has 0 aliphatic carbocycles. The minimum Gasteiger partial charge on any atom is -0.329 e. The van der Waals surface area contributed by atoms with E-state index < -0.39 is 28.8 Å². The van der Waals surface area contributed by atoms with Crippen molar-refractivity contribution in [3.63, 3.8) is 0 Å². The Labute approximate surface area is 198 Å². The van der Waals surface area contributed by atoms with E-state index >= 15 is 0 Å². The van der Waals surface area contributed by atoms with Crippen molar-refractivity contribution < 1.29 is 26.4 Å². The lowest BCUT2D eigenvalue weighted by atomic mass is 10.1. The predicted octanol–water partition coefficient (Wildman–Crippen LogP) is 4.72. The van der Waals surface area contributed by atoms with E-state index in [0.29, 0.717) is 28.3 Å². The molecule has 2 aromatic carbocycles. The summed E-state index contributed by atoms with van der Waals surface area (Å²) in [5.74, 6) is 0. The van der Waals surface area contributed by atoms with E-state index in [1.54, 1.807) is 60.2 Å². The van der Waals surface area contributed by atoms with Crippen LogP contribution in [-0.2, 0) is 10.0 Å². The lowest BCUT2D eigenvalue weighted by Gasteiger charge is -2.11. The maximum absolute atomic E-state index is 12.3. The SMILES string of the molecule is CS(=O)(=O)Nc1cccc(-c2ccn3c(-c4cccc(NC(=O)NCC(F)(F)F)c4)cnc3c2)c1. The minimum absolute atomic E-state index is 0.323. The van der Waals surface area contributed by atoms with Crippen molar-refractivity contribution in [2.24, 2.45) is 0 Å². The van der Waals surface area contributed by atoms with Gasteiger partial charge in [-0.25, -0.2) is 18.2 Å². The molecule has 2 aromatic heterocycles. The van der Waals surface area contributed by atoms with Crippen LogP contribution in [0.15, 0.2) is 73.1 Å². The van der Waals surface area contributed by atoms with Gasteiger partial charge in [-0.15, -0.1) is 0 Å². The molecule has 0 saturated carbocycles. The molecule has 0 aliphatic rings. The number of nitrogens with one attached hydrogen (secondary N) is 3. The van der Waals surface area contributed by atoms with E-state index in [1.807, 2.05) is 22.6 Å². The average molecular weight is 504 g/mol. The second kappa shape index (κ2) is 9.29. The molecule has 0 saturated heterocycles. The highest BCUT2D eigenvalue weighted by Crippen LogP contribution is 2.28. The van der Waals surface area contributed by atoms with Crippen molar-refractivity contribution in [2.75, 3.05) is 22.8 Å². The Kier molecular flexibility index (Phi) is 6.39. The number of nitrogens with zero attached hydrogens (tertiary/aromatic N) is 2. The van der Waals surface area contributed by atoms with Gasteiger partial charge in [0, 0.05) is 23.1 Å². The fourth-order valence-electron chi connectivity index (χ4n) is 3.46. The second-order valence-electron chi connectivity index (χ2n) is 7.75. The van der Waals surface area contributed by atoms with Gasteiger partial charge < -0.3 is 10.6 Å². The summed E-state index contributed by atoms with van der Waals surface area (Å²) in [6.07, 6.45) is 0.0285. The summed E-state index contributed by atoms with van der Waals surface area (Å²) in [6.45, 7) is -1.43. The largest absolute Gasteiger partial charge is 0.405 e. The molecule has 2 amide bonds. The zero-order chi connectivity index (χ0) is 25.2. The van der Waals surface area contributed by atoms with Crippen LogP contribution in [0.25, 0.3) is 28.0 Å². The first kappa shape index (κ1) is 24.1. The minimum atomic E-state index is -4.50. The molecule has 0 spiro atoms. The van der Waals surface area contributed by atoms with Gasteiger partial charge >= 0.3 is 12.2 Å². The smallest absolute Gasteiger partial charge is 0.329 e. The first-order valence-corrected chi connectivity index (χ1v) is 12.1. The monoisotopic (exact) mass is 503 g/mol. The number of sulfonamides is 1. The number of alkyl halides is 3. The first-order chi connectivity index (χ1) is 16.5. The Morgan fingerprint density at radius 3 is 2.34 bits per heavy atom. The standard InChI is InChI=1S/C23H20F3N5O3S/c1-35(33,34)30-19-7-2-4-15(10-19)16-8-9-31-20(13-27-21(31)12-16)17-5-3-6-18(11-17)29-22(32)28-14-23(24,25)26/h2-13,30H,14H2,1H3,(H2,28,29,32). The van der Waals surface area contributed by atoms with Gasteiger partial charge in [-0.05, 0) is 47.5 Å². The molecule has 0 radical (unpaired) electrons. The Bertz CT molecular complexity index is 1500. The third kappa shape index (κ3) is 6.29. The lowest BCUT2D eigenvalue weighted by molar-refractivity contribution is -0.122. The summed E-state index contributed by atoms with van der Waals surface area (Å²) in [5, 5.41) is 4.15. The van der Waals surface area contributed by atoms with Gasteiger partial charge in [-0.1, -0.05) is 24.3 Å². The van der Waals surface area contributed by atoms with E-state index in [2.05, 4.69) is 15.0 Å². The molecule has 3 N–H and O–H groups in total. The highest BCUT2D eigenvalue weighted by atomic mass is 32.2. The highest BCUT2D eigenvalue weighted by Gasteiger charge is 2.27. The van der Waals surface area contributed by atoms with Gasteiger partial charge in [0.2, 0.25) is 10.0 Å². The van der Waals surface area contributed by atoms with Gasteiger partial charge in [0.15, 0.2) is 0 Å². The van der Waals surface area contributed by atoms with E-state index in [9.17, 15) is 26.4 Å². The van der Waals surface area contributed by atoms with Crippen molar-refractivity contribution in [2.45, 2.75) is 6.18 Å². The lowest BCUT2D eigenvalue weighted by Crippen LogP contribution is -2.36. The Balaban J connectivity index is 1.57. The van der Waals surface area contributed by atoms with Crippen LogP contribution in [0, 0.1) is 0 Å². The summed E-state index contributed by atoms with van der Waals surface area (Å²) in [7, 11) is -3.41. The summed E-state index contributed by atoms with van der Waals surface area (Å²) < 4.78 is 64.2. The van der Waals surface area contributed by atoms with Crippen LogP contribution in [0.4, 0.5) is 29.3 Å². The molecular weight excluding hydrogens is 483 g/mol. The fourth-order valence-corrected chi connectivity index (χ4v) is 4.02. The zero-order valence-electron chi connectivity index (χ0n) is 18.3. The highest BCUT2D eigenvalue weighted by molar-refractivity contribution is 7.92. The number of carbonyl (C=O) groups is 1. The molecule has 0 unspecified atom stereocenters. The number of hydrogen-bond donors (Lipinski definition) is 3. The Morgan fingerprint density at radius 2 is 1.63 bits per heavy atom. The van der Waals surface area contributed by atoms with E-state index in [0.717, 1.165) is 17.4 Å². The molecule has 0 aliphatic heterocycles. The molecule has 0 atom stereocenters. The van der Waals surface area contributed by atoms with Crippen LogP contribution in [0.5, 0.6) is 0 Å².